The maximum absolute atomic E-state index is 12.4. The molecule has 0 radical (unpaired) electrons. The molecule has 0 spiro atoms. The molecular formula is C20H28Cl2N2O2. The van der Waals surface area contributed by atoms with Gasteiger partial charge in [-0.15, -0.1) is 0 Å². The summed E-state index contributed by atoms with van der Waals surface area (Å²) in [5.41, 5.74) is 0.700. The van der Waals surface area contributed by atoms with Crippen molar-refractivity contribution in [1.29, 1.82) is 0 Å². The number of halogens is 2. The first-order chi connectivity index (χ1) is 12.2. The molecule has 0 bridgehead atoms. The number of carbonyl (C=O) groups excluding carboxylic acids is 2. The van der Waals surface area contributed by atoms with Gasteiger partial charge in [0.2, 0.25) is 11.8 Å². The van der Waals surface area contributed by atoms with Crippen molar-refractivity contribution in [2.45, 2.75) is 46.5 Å². The molecule has 1 fully saturated rings. The zero-order valence-corrected chi connectivity index (χ0v) is 17.3. The second-order valence-corrected chi connectivity index (χ2v) is 8.80. The highest BCUT2D eigenvalue weighted by atomic mass is 35.5. The quantitative estimate of drug-likeness (QED) is 0.750. The number of nitrogens with one attached hydrogen (secondary N) is 1. The number of hydrogen-bond acceptors (Lipinski definition) is 2. The molecule has 0 saturated carbocycles. The number of nitrogens with zero attached hydrogens (tertiary/aromatic N) is 1. The third-order valence-corrected chi connectivity index (χ3v) is 5.39. The highest BCUT2D eigenvalue weighted by Gasteiger charge is 2.33. The van der Waals surface area contributed by atoms with Crippen molar-refractivity contribution in [1.82, 2.24) is 10.2 Å². The van der Waals surface area contributed by atoms with Gasteiger partial charge in [-0.2, -0.15) is 0 Å². The summed E-state index contributed by atoms with van der Waals surface area (Å²) in [5.74, 6) is 0.0557. The predicted molar refractivity (Wildman–Crippen MR) is 107 cm³/mol. The van der Waals surface area contributed by atoms with E-state index in [0.29, 0.717) is 23.1 Å². The Balaban J connectivity index is 1.76. The molecule has 1 heterocycles. The lowest BCUT2D eigenvalue weighted by Gasteiger charge is -2.35. The van der Waals surface area contributed by atoms with Gasteiger partial charge < -0.3 is 10.2 Å². The molecule has 1 atom stereocenters. The van der Waals surface area contributed by atoms with Crippen LogP contribution in [0.25, 0.3) is 0 Å². The van der Waals surface area contributed by atoms with Gasteiger partial charge in [0.25, 0.3) is 0 Å². The lowest BCUT2D eigenvalue weighted by Crippen LogP contribution is -2.48. The minimum absolute atomic E-state index is 0.0468. The van der Waals surface area contributed by atoms with Crippen molar-refractivity contribution in [2.24, 2.45) is 11.3 Å². The van der Waals surface area contributed by atoms with Crippen LogP contribution in [0.15, 0.2) is 18.2 Å². The number of piperidine rings is 1. The maximum atomic E-state index is 12.4. The van der Waals surface area contributed by atoms with Gasteiger partial charge in [-0.1, -0.05) is 50.0 Å². The van der Waals surface area contributed by atoms with Crippen molar-refractivity contribution >= 4 is 35.0 Å². The van der Waals surface area contributed by atoms with Crippen LogP contribution in [0.4, 0.5) is 0 Å². The lowest BCUT2D eigenvalue weighted by atomic mass is 9.91. The zero-order valence-electron chi connectivity index (χ0n) is 15.8. The van der Waals surface area contributed by atoms with Crippen LogP contribution in [0.5, 0.6) is 0 Å². The van der Waals surface area contributed by atoms with Gasteiger partial charge in [-0.3, -0.25) is 9.59 Å². The maximum Gasteiger partial charge on any atom is 0.227 e. The van der Waals surface area contributed by atoms with E-state index in [2.05, 4.69) is 5.32 Å². The van der Waals surface area contributed by atoms with E-state index in [9.17, 15) is 9.59 Å². The lowest BCUT2D eigenvalue weighted by molar-refractivity contribution is -0.142. The van der Waals surface area contributed by atoms with Crippen LogP contribution >= 0.6 is 23.2 Å². The van der Waals surface area contributed by atoms with Crippen LogP contribution in [0.3, 0.4) is 0 Å². The first-order valence-corrected chi connectivity index (χ1v) is 9.95. The normalized spacial score (nSPS) is 17.9. The van der Waals surface area contributed by atoms with Crippen LogP contribution in [-0.4, -0.2) is 36.3 Å². The van der Waals surface area contributed by atoms with E-state index >= 15 is 0 Å². The van der Waals surface area contributed by atoms with E-state index in [4.69, 9.17) is 23.2 Å². The average Bonchev–Trinajstić information content (AvgIpc) is 2.60. The molecule has 1 aliphatic rings. The number of likely N-dealkylation sites (tertiary alicyclic amines) is 1. The Morgan fingerprint density at radius 3 is 2.62 bits per heavy atom. The van der Waals surface area contributed by atoms with Gasteiger partial charge >= 0.3 is 0 Å². The Morgan fingerprint density at radius 1 is 1.23 bits per heavy atom. The Morgan fingerprint density at radius 2 is 1.96 bits per heavy atom. The number of hydrogen-bond donors (Lipinski definition) is 1. The summed E-state index contributed by atoms with van der Waals surface area (Å²) >= 11 is 11.9. The molecule has 0 aromatic heterocycles. The highest BCUT2D eigenvalue weighted by molar-refractivity contribution is 6.42. The molecule has 1 N–H and O–H groups in total. The van der Waals surface area contributed by atoms with Gasteiger partial charge in [0.1, 0.15) is 0 Å². The molecule has 0 aliphatic carbocycles. The standard InChI is InChI=1S/C20H28Cl2N2O2/c1-20(2,3)19(26)24-11-5-7-15(13-24)18(25)23-10-4-6-14-8-9-16(21)17(22)12-14/h8-9,12,15H,4-7,10-11,13H2,1-3H3,(H,23,25). The largest absolute Gasteiger partial charge is 0.356 e. The van der Waals surface area contributed by atoms with E-state index in [1.165, 1.54) is 0 Å². The fraction of sp³-hybridized carbons (Fsp3) is 0.600. The molecule has 1 aromatic rings. The average molecular weight is 399 g/mol. The van der Waals surface area contributed by atoms with Gasteiger partial charge in [-0.25, -0.2) is 0 Å². The Bertz CT molecular complexity index is 656. The van der Waals surface area contributed by atoms with Crippen LogP contribution in [-0.2, 0) is 16.0 Å². The smallest absolute Gasteiger partial charge is 0.227 e. The second kappa shape index (κ2) is 9.09. The molecule has 26 heavy (non-hydrogen) atoms. The minimum Gasteiger partial charge on any atom is -0.356 e. The van der Waals surface area contributed by atoms with Gasteiger partial charge in [-0.05, 0) is 43.4 Å². The van der Waals surface area contributed by atoms with Crippen LogP contribution in [0.2, 0.25) is 10.0 Å². The summed E-state index contributed by atoms with van der Waals surface area (Å²) in [6, 6.07) is 5.61. The number of aryl methyl sites for hydroxylation is 1. The summed E-state index contributed by atoms with van der Waals surface area (Å²) in [6.07, 6.45) is 3.38. The van der Waals surface area contributed by atoms with Gasteiger partial charge in [0.15, 0.2) is 0 Å². The molecule has 1 saturated heterocycles. The van der Waals surface area contributed by atoms with E-state index in [0.717, 1.165) is 37.8 Å². The first-order valence-electron chi connectivity index (χ1n) is 9.19. The summed E-state index contributed by atoms with van der Waals surface area (Å²) in [6.45, 7) is 7.64. The van der Waals surface area contributed by atoms with Crippen LogP contribution in [0, 0.1) is 11.3 Å². The molecule has 2 amide bonds. The highest BCUT2D eigenvalue weighted by Crippen LogP contribution is 2.24. The van der Waals surface area contributed by atoms with Gasteiger partial charge in [0, 0.05) is 25.0 Å². The molecule has 6 heteroatoms. The van der Waals surface area contributed by atoms with Crippen molar-refractivity contribution in [3.05, 3.63) is 33.8 Å². The number of benzene rings is 1. The third-order valence-electron chi connectivity index (χ3n) is 4.65. The summed E-state index contributed by atoms with van der Waals surface area (Å²) < 4.78 is 0. The Kier molecular flexibility index (Phi) is 7.36. The minimum atomic E-state index is -0.405. The molecular weight excluding hydrogens is 371 g/mol. The van der Waals surface area contributed by atoms with Crippen molar-refractivity contribution in [3.8, 4) is 0 Å². The molecule has 144 valence electrons. The SMILES string of the molecule is CC(C)(C)C(=O)N1CCCC(C(=O)NCCCc2ccc(Cl)c(Cl)c2)C1. The third kappa shape index (κ3) is 5.88. The monoisotopic (exact) mass is 398 g/mol. The van der Waals surface area contributed by atoms with Crippen molar-refractivity contribution < 1.29 is 9.59 Å². The van der Waals surface area contributed by atoms with E-state index < -0.39 is 5.41 Å². The summed E-state index contributed by atoms with van der Waals surface area (Å²) in [5, 5.41) is 4.12. The van der Waals surface area contributed by atoms with Crippen molar-refractivity contribution in [2.75, 3.05) is 19.6 Å². The zero-order chi connectivity index (χ0) is 19.3. The van der Waals surface area contributed by atoms with Crippen LogP contribution < -0.4 is 5.32 Å². The van der Waals surface area contributed by atoms with E-state index in [1.807, 2.05) is 37.8 Å². The predicted octanol–water partition coefficient (Wildman–Crippen LogP) is 4.33. The van der Waals surface area contributed by atoms with E-state index in [1.54, 1.807) is 6.07 Å². The molecule has 1 unspecified atom stereocenters. The summed E-state index contributed by atoms with van der Waals surface area (Å²) in [4.78, 5) is 26.7. The molecule has 2 rings (SSSR count). The topological polar surface area (TPSA) is 49.4 Å². The summed E-state index contributed by atoms with van der Waals surface area (Å²) in [7, 11) is 0. The number of amides is 2. The Labute approximate surface area is 166 Å². The van der Waals surface area contributed by atoms with Gasteiger partial charge in [0.05, 0.1) is 16.0 Å². The number of carbonyl (C=O) groups is 2. The fourth-order valence-corrected chi connectivity index (χ4v) is 3.51. The Hall–Kier alpha value is -1.26. The first kappa shape index (κ1) is 21.0. The van der Waals surface area contributed by atoms with Crippen LogP contribution in [0.1, 0.15) is 45.6 Å². The molecule has 4 nitrogen and oxygen atoms in total. The molecule has 1 aliphatic heterocycles. The molecule has 1 aromatic carbocycles. The van der Waals surface area contributed by atoms with E-state index in [-0.39, 0.29) is 17.7 Å². The second-order valence-electron chi connectivity index (χ2n) is 7.98. The number of rotatable bonds is 5. The fourth-order valence-electron chi connectivity index (χ4n) is 3.19. The van der Waals surface area contributed by atoms with Crippen molar-refractivity contribution in [3.63, 3.8) is 0 Å².